The van der Waals surface area contributed by atoms with E-state index in [0.717, 1.165) is 0 Å². The first-order valence-electron chi connectivity index (χ1n) is 4.13. The molecule has 0 spiro atoms. The fourth-order valence-corrected chi connectivity index (χ4v) is 1.88. The van der Waals surface area contributed by atoms with Gasteiger partial charge in [-0.25, -0.2) is 14.8 Å². The predicted molar refractivity (Wildman–Crippen MR) is 53.9 cm³/mol. The molecule has 0 radical (unpaired) electrons. The number of aromatic carboxylic acids is 1. The van der Waals surface area contributed by atoms with Crippen LogP contribution >= 0.6 is 11.8 Å². The maximum Gasteiger partial charge on any atom is 0.355 e. The van der Waals surface area contributed by atoms with Crippen molar-refractivity contribution < 1.29 is 9.90 Å². The second-order valence-electron chi connectivity index (χ2n) is 2.65. The summed E-state index contributed by atoms with van der Waals surface area (Å²) in [6.07, 6.45) is 4.74. The number of nitrogens with zero attached hydrogens (tertiary/aromatic N) is 2. The minimum absolute atomic E-state index is 0.0406. The molecule has 0 fully saturated rings. The van der Waals surface area contributed by atoms with Crippen LogP contribution in [-0.2, 0) is 0 Å². The Balaban J connectivity index is 2.32. The monoisotopic (exact) mass is 221 g/mol. The highest BCUT2D eigenvalue weighted by Gasteiger charge is 2.12. The van der Waals surface area contributed by atoms with Crippen molar-refractivity contribution in [3.05, 3.63) is 36.4 Å². The van der Waals surface area contributed by atoms with Crippen molar-refractivity contribution in [1.82, 2.24) is 15.0 Å². The highest BCUT2D eigenvalue weighted by atomic mass is 32.2. The molecule has 0 aliphatic heterocycles. The zero-order chi connectivity index (χ0) is 10.7. The Bertz CT molecular complexity index is 470. The van der Waals surface area contributed by atoms with E-state index in [0.29, 0.717) is 10.1 Å². The van der Waals surface area contributed by atoms with Gasteiger partial charge in [-0.2, -0.15) is 0 Å². The summed E-state index contributed by atoms with van der Waals surface area (Å²) in [5.41, 5.74) is 0.0406. The van der Waals surface area contributed by atoms with Crippen LogP contribution in [0.2, 0.25) is 0 Å². The average Bonchev–Trinajstić information content (AvgIpc) is 2.71. The highest BCUT2D eigenvalue weighted by molar-refractivity contribution is 7.99. The second kappa shape index (κ2) is 4.14. The minimum Gasteiger partial charge on any atom is -0.476 e. The highest BCUT2D eigenvalue weighted by Crippen LogP contribution is 2.26. The van der Waals surface area contributed by atoms with Gasteiger partial charge in [0.05, 0.1) is 0 Å². The molecule has 5 nitrogen and oxygen atoms in total. The first kappa shape index (κ1) is 9.72. The van der Waals surface area contributed by atoms with E-state index in [1.165, 1.54) is 18.0 Å². The van der Waals surface area contributed by atoms with E-state index in [-0.39, 0.29) is 5.69 Å². The smallest absolute Gasteiger partial charge is 0.355 e. The average molecular weight is 221 g/mol. The molecule has 76 valence electrons. The number of pyridine rings is 1. The molecule has 0 bridgehead atoms. The summed E-state index contributed by atoms with van der Waals surface area (Å²) in [5.74, 6) is -1.04. The van der Waals surface area contributed by atoms with Crippen LogP contribution in [0.3, 0.4) is 0 Å². The van der Waals surface area contributed by atoms with Gasteiger partial charge >= 0.3 is 5.97 Å². The Morgan fingerprint density at radius 2 is 2.27 bits per heavy atom. The van der Waals surface area contributed by atoms with Gasteiger partial charge in [0.25, 0.3) is 0 Å². The molecule has 0 atom stereocenters. The van der Waals surface area contributed by atoms with Gasteiger partial charge in [0.15, 0.2) is 10.9 Å². The number of carboxylic acids is 1. The summed E-state index contributed by atoms with van der Waals surface area (Å²) in [6.45, 7) is 0. The van der Waals surface area contributed by atoms with Gasteiger partial charge in [0.2, 0.25) is 0 Å². The van der Waals surface area contributed by atoms with Crippen molar-refractivity contribution in [3.63, 3.8) is 0 Å². The zero-order valence-corrected chi connectivity index (χ0v) is 8.36. The fraction of sp³-hybridized carbons (Fsp3) is 0. The van der Waals surface area contributed by atoms with Gasteiger partial charge in [0.1, 0.15) is 0 Å². The number of carbonyl (C=O) groups is 1. The van der Waals surface area contributed by atoms with Gasteiger partial charge in [-0.1, -0.05) is 0 Å². The summed E-state index contributed by atoms with van der Waals surface area (Å²) in [6, 6.07) is 3.39. The number of H-pyrrole nitrogens is 1. The van der Waals surface area contributed by atoms with Crippen LogP contribution in [-0.4, -0.2) is 26.0 Å². The fourth-order valence-electron chi connectivity index (χ4n) is 1.04. The lowest BCUT2D eigenvalue weighted by molar-refractivity contribution is 0.0686. The van der Waals surface area contributed by atoms with E-state index in [2.05, 4.69) is 15.0 Å². The molecule has 0 saturated carbocycles. The predicted octanol–water partition coefficient (Wildman–Crippen LogP) is 1.65. The van der Waals surface area contributed by atoms with E-state index in [9.17, 15) is 4.79 Å². The third-order valence-electron chi connectivity index (χ3n) is 1.65. The quantitative estimate of drug-likeness (QED) is 0.823. The molecule has 0 unspecified atom stereocenters. The molecular formula is C9H7N3O2S. The van der Waals surface area contributed by atoms with Crippen molar-refractivity contribution in [1.29, 1.82) is 0 Å². The van der Waals surface area contributed by atoms with Crippen molar-refractivity contribution in [2.24, 2.45) is 0 Å². The van der Waals surface area contributed by atoms with Crippen LogP contribution in [0, 0.1) is 0 Å². The van der Waals surface area contributed by atoms with Crippen molar-refractivity contribution in [2.75, 3.05) is 0 Å². The largest absolute Gasteiger partial charge is 0.476 e. The minimum atomic E-state index is -1.04. The molecule has 15 heavy (non-hydrogen) atoms. The van der Waals surface area contributed by atoms with Gasteiger partial charge < -0.3 is 10.1 Å². The molecule has 2 rings (SSSR count). The third kappa shape index (κ3) is 2.16. The van der Waals surface area contributed by atoms with Gasteiger partial charge in [-0.05, 0) is 23.9 Å². The molecule has 0 aromatic carbocycles. The summed E-state index contributed by atoms with van der Waals surface area (Å²) in [5, 5.41) is 9.53. The number of aromatic amines is 1. The molecule has 0 aliphatic rings. The van der Waals surface area contributed by atoms with Gasteiger partial charge in [0, 0.05) is 23.5 Å². The number of hydrogen-bond donors (Lipinski definition) is 2. The number of nitrogens with one attached hydrogen (secondary N) is 1. The summed E-state index contributed by atoms with van der Waals surface area (Å²) in [4.78, 5) is 22.1. The van der Waals surface area contributed by atoms with Gasteiger partial charge in [-0.15, -0.1) is 0 Å². The molecule has 0 amide bonds. The Morgan fingerprint density at radius 1 is 1.40 bits per heavy atom. The third-order valence-corrected chi connectivity index (χ3v) is 2.62. The number of hydrogen-bond acceptors (Lipinski definition) is 4. The summed E-state index contributed by atoms with van der Waals surface area (Å²) < 4.78 is 0. The standard InChI is InChI=1S/C9H7N3O2S/c13-8(14)7-6(2-1-3-10-7)15-9-11-4-5-12-9/h1-5H,(H,11,12)(H,13,14). The maximum atomic E-state index is 10.8. The number of aromatic nitrogens is 3. The van der Waals surface area contributed by atoms with Crippen LogP contribution in [0.25, 0.3) is 0 Å². The first-order valence-corrected chi connectivity index (χ1v) is 4.94. The van der Waals surface area contributed by atoms with Crippen LogP contribution < -0.4 is 0 Å². The zero-order valence-electron chi connectivity index (χ0n) is 7.54. The molecule has 2 N–H and O–H groups in total. The Hall–Kier alpha value is -1.82. The molecule has 0 saturated heterocycles. The van der Waals surface area contributed by atoms with Crippen LogP contribution in [0.4, 0.5) is 0 Å². The van der Waals surface area contributed by atoms with E-state index < -0.39 is 5.97 Å². The lowest BCUT2D eigenvalue weighted by Gasteiger charge is -2.01. The number of imidazole rings is 1. The first-order chi connectivity index (χ1) is 7.27. The van der Waals surface area contributed by atoms with E-state index in [1.54, 1.807) is 24.5 Å². The Kier molecular flexibility index (Phi) is 2.68. The molecule has 2 aromatic heterocycles. The molecule has 6 heteroatoms. The molecule has 2 heterocycles. The van der Waals surface area contributed by atoms with E-state index in [1.807, 2.05) is 0 Å². The summed E-state index contributed by atoms with van der Waals surface area (Å²) in [7, 11) is 0. The number of rotatable bonds is 3. The normalized spacial score (nSPS) is 10.1. The van der Waals surface area contributed by atoms with E-state index in [4.69, 9.17) is 5.11 Å². The van der Waals surface area contributed by atoms with Crippen molar-refractivity contribution in [3.8, 4) is 0 Å². The Labute approximate surface area is 89.6 Å². The van der Waals surface area contributed by atoms with Crippen molar-refractivity contribution in [2.45, 2.75) is 10.1 Å². The Morgan fingerprint density at radius 3 is 2.93 bits per heavy atom. The lowest BCUT2D eigenvalue weighted by Crippen LogP contribution is -2.01. The van der Waals surface area contributed by atoms with Gasteiger partial charge in [-0.3, -0.25) is 0 Å². The van der Waals surface area contributed by atoms with Crippen LogP contribution in [0.15, 0.2) is 40.8 Å². The van der Waals surface area contributed by atoms with Crippen LogP contribution in [0.1, 0.15) is 10.5 Å². The topological polar surface area (TPSA) is 78.9 Å². The number of carboxylic acid groups (broad SMARTS) is 1. The second-order valence-corrected chi connectivity index (χ2v) is 3.68. The molecular weight excluding hydrogens is 214 g/mol. The summed E-state index contributed by atoms with van der Waals surface area (Å²) >= 11 is 1.24. The molecule has 2 aromatic rings. The maximum absolute atomic E-state index is 10.8. The molecule has 0 aliphatic carbocycles. The van der Waals surface area contributed by atoms with Crippen molar-refractivity contribution >= 4 is 17.7 Å². The lowest BCUT2D eigenvalue weighted by atomic mass is 10.3. The van der Waals surface area contributed by atoms with E-state index >= 15 is 0 Å². The SMILES string of the molecule is O=C(O)c1ncccc1Sc1ncc[nH]1. The van der Waals surface area contributed by atoms with Crippen LogP contribution in [0.5, 0.6) is 0 Å².